The second-order valence-electron chi connectivity index (χ2n) is 11.5. The largest absolute Gasteiger partial charge is 0.444 e. The summed E-state index contributed by atoms with van der Waals surface area (Å²) in [6.07, 6.45) is 4.94. The third kappa shape index (κ3) is 6.42. The zero-order valence-electron chi connectivity index (χ0n) is 24.2. The summed E-state index contributed by atoms with van der Waals surface area (Å²) in [5, 5.41) is 16.9. The monoisotopic (exact) mass is 552 g/mol. The van der Waals surface area contributed by atoms with Crippen LogP contribution < -0.4 is 15.5 Å². The summed E-state index contributed by atoms with van der Waals surface area (Å²) in [4.78, 5) is 29.8. The van der Waals surface area contributed by atoms with Gasteiger partial charge in [-0.15, -0.1) is 0 Å². The lowest BCUT2D eigenvalue weighted by atomic mass is 10.0. The van der Waals surface area contributed by atoms with Crippen LogP contribution in [0, 0.1) is 11.3 Å². The average Bonchev–Trinajstić information content (AvgIpc) is 3.37. The maximum absolute atomic E-state index is 12.8. The second kappa shape index (κ2) is 11.5. The van der Waals surface area contributed by atoms with Crippen molar-refractivity contribution in [2.45, 2.75) is 45.3 Å². The van der Waals surface area contributed by atoms with Gasteiger partial charge in [0.1, 0.15) is 11.7 Å². The van der Waals surface area contributed by atoms with Gasteiger partial charge in [-0.1, -0.05) is 18.2 Å². The Kier molecular flexibility index (Phi) is 7.81. The highest BCUT2D eigenvalue weighted by atomic mass is 16.6. The van der Waals surface area contributed by atoms with Gasteiger partial charge in [-0.2, -0.15) is 5.26 Å². The zero-order valence-corrected chi connectivity index (χ0v) is 24.2. The van der Waals surface area contributed by atoms with E-state index in [4.69, 9.17) is 9.72 Å². The van der Waals surface area contributed by atoms with E-state index in [1.54, 1.807) is 0 Å². The topological polar surface area (TPSA) is 122 Å². The Hall–Kier alpha value is -4.62. The lowest BCUT2D eigenvalue weighted by Crippen LogP contribution is -2.42. The van der Waals surface area contributed by atoms with Crippen molar-refractivity contribution in [1.82, 2.24) is 19.9 Å². The van der Waals surface area contributed by atoms with Gasteiger partial charge in [0.15, 0.2) is 0 Å². The standard InChI is InChI=1S/C31H36N8O2/c1-31(2,3)41-30(40)36-27-16-22(39-14-12-21(13-15-39)38(4)5)10-11-26(27)35-29-34-18-20(17-32)28(37-29)24-19-33-25-9-7-6-8-23(24)25/h6-11,16,18-19,21,33H,12-15H2,1-5H3,(H,36,40)(H,34,35,37). The number of fused-ring (bicyclic) bond motifs is 1. The van der Waals surface area contributed by atoms with Gasteiger partial charge in [-0.3, -0.25) is 5.32 Å². The van der Waals surface area contributed by atoms with Gasteiger partial charge in [-0.25, -0.2) is 14.8 Å². The summed E-state index contributed by atoms with van der Waals surface area (Å²) in [7, 11) is 4.25. The van der Waals surface area contributed by atoms with Crippen molar-refractivity contribution in [3.05, 3.63) is 60.4 Å². The number of nitriles is 1. The summed E-state index contributed by atoms with van der Waals surface area (Å²) in [5.74, 6) is 0.302. The molecule has 0 atom stereocenters. The van der Waals surface area contributed by atoms with Crippen molar-refractivity contribution in [3.63, 3.8) is 0 Å². The molecule has 2 aromatic heterocycles. The maximum Gasteiger partial charge on any atom is 0.412 e. The number of ether oxygens (including phenoxy) is 1. The van der Waals surface area contributed by atoms with Crippen LogP contribution in [0.25, 0.3) is 22.2 Å². The van der Waals surface area contributed by atoms with Gasteiger partial charge in [0, 0.05) is 47.5 Å². The summed E-state index contributed by atoms with van der Waals surface area (Å²) in [6.45, 7) is 7.33. The van der Waals surface area contributed by atoms with Crippen LogP contribution in [0.2, 0.25) is 0 Å². The molecular formula is C31H36N8O2. The molecule has 0 aliphatic carbocycles. The SMILES string of the molecule is CN(C)C1CCN(c2ccc(Nc3ncc(C#N)c(-c4c[nH]c5ccccc45)n3)c(NC(=O)OC(C)(C)C)c2)CC1. The fraction of sp³-hybridized carbons (Fsp3) is 0.355. The minimum atomic E-state index is -0.645. The van der Waals surface area contributed by atoms with Crippen LogP contribution in [0.1, 0.15) is 39.2 Å². The molecule has 1 saturated heterocycles. The van der Waals surface area contributed by atoms with Gasteiger partial charge in [0.25, 0.3) is 0 Å². The van der Waals surface area contributed by atoms with Crippen molar-refractivity contribution < 1.29 is 9.53 Å². The normalized spacial score (nSPS) is 14.2. The van der Waals surface area contributed by atoms with Crippen molar-refractivity contribution >= 4 is 40.0 Å². The number of para-hydroxylation sites is 1. The van der Waals surface area contributed by atoms with Crippen LogP contribution in [-0.2, 0) is 4.74 Å². The third-order valence-corrected chi connectivity index (χ3v) is 7.20. The van der Waals surface area contributed by atoms with Crippen LogP contribution in [0.3, 0.4) is 0 Å². The molecule has 1 aliphatic heterocycles. The number of aromatic amines is 1. The Labute approximate surface area is 240 Å². The van der Waals surface area contributed by atoms with E-state index in [0.717, 1.165) is 48.1 Å². The fourth-order valence-electron chi connectivity index (χ4n) is 5.11. The summed E-state index contributed by atoms with van der Waals surface area (Å²) in [5.41, 5.74) is 4.17. The van der Waals surface area contributed by atoms with E-state index in [-0.39, 0.29) is 0 Å². The number of anilines is 4. The van der Waals surface area contributed by atoms with Crippen LogP contribution >= 0.6 is 0 Å². The number of nitrogens with zero attached hydrogens (tertiary/aromatic N) is 5. The Morgan fingerprint density at radius 1 is 1.15 bits per heavy atom. The molecule has 3 heterocycles. The summed E-state index contributed by atoms with van der Waals surface area (Å²) in [6, 6.07) is 16.5. The Morgan fingerprint density at radius 3 is 2.61 bits per heavy atom. The highest BCUT2D eigenvalue weighted by Crippen LogP contribution is 2.34. The van der Waals surface area contributed by atoms with E-state index >= 15 is 0 Å². The van der Waals surface area contributed by atoms with Crippen molar-refractivity contribution in [3.8, 4) is 17.3 Å². The minimum absolute atomic E-state index is 0.302. The number of hydrogen-bond acceptors (Lipinski definition) is 8. The van der Waals surface area contributed by atoms with Gasteiger partial charge in [0.05, 0.1) is 28.8 Å². The molecular weight excluding hydrogens is 516 g/mol. The number of piperidine rings is 1. The number of nitrogens with one attached hydrogen (secondary N) is 3. The Morgan fingerprint density at radius 2 is 1.90 bits per heavy atom. The molecule has 0 bridgehead atoms. The van der Waals surface area contributed by atoms with Crippen LogP contribution in [0.5, 0.6) is 0 Å². The van der Waals surface area contributed by atoms with Crippen molar-refractivity contribution in [1.29, 1.82) is 5.26 Å². The Balaban J connectivity index is 1.47. The first-order valence-electron chi connectivity index (χ1n) is 13.8. The summed E-state index contributed by atoms with van der Waals surface area (Å²) >= 11 is 0. The van der Waals surface area contributed by atoms with Crippen molar-refractivity contribution in [2.24, 2.45) is 0 Å². The quantitative estimate of drug-likeness (QED) is 0.262. The molecule has 3 N–H and O–H groups in total. The lowest BCUT2D eigenvalue weighted by Gasteiger charge is -2.36. The van der Waals surface area contributed by atoms with Gasteiger partial charge in [0.2, 0.25) is 5.95 Å². The number of aromatic nitrogens is 3. The molecule has 0 radical (unpaired) electrons. The first-order valence-corrected chi connectivity index (χ1v) is 13.8. The molecule has 5 rings (SSSR count). The number of hydrogen-bond donors (Lipinski definition) is 3. The van der Waals surface area contributed by atoms with E-state index in [1.807, 2.05) is 69.4 Å². The molecule has 0 unspecified atom stereocenters. The van der Waals surface area contributed by atoms with Gasteiger partial charge in [-0.05, 0) is 72.0 Å². The number of rotatable bonds is 6. The molecule has 10 heteroatoms. The smallest absolute Gasteiger partial charge is 0.412 e. The van der Waals surface area contributed by atoms with E-state index in [0.29, 0.717) is 34.6 Å². The molecule has 2 aromatic carbocycles. The van der Waals surface area contributed by atoms with E-state index < -0.39 is 11.7 Å². The van der Waals surface area contributed by atoms with Crippen LogP contribution in [0.15, 0.2) is 54.9 Å². The molecule has 10 nitrogen and oxygen atoms in total. The number of benzene rings is 2. The van der Waals surface area contributed by atoms with E-state index in [9.17, 15) is 10.1 Å². The van der Waals surface area contributed by atoms with Crippen LogP contribution in [-0.4, -0.2) is 64.8 Å². The molecule has 1 aliphatic rings. The zero-order chi connectivity index (χ0) is 29.1. The molecule has 1 fully saturated rings. The first kappa shape index (κ1) is 27.9. The molecule has 0 spiro atoms. The first-order chi connectivity index (χ1) is 19.6. The number of H-pyrrole nitrogens is 1. The predicted octanol–water partition coefficient (Wildman–Crippen LogP) is 6.12. The molecule has 41 heavy (non-hydrogen) atoms. The average molecular weight is 553 g/mol. The molecule has 4 aromatic rings. The van der Waals surface area contributed by atoms with E-state index in [1.165, 1.54) is 6.20 Å². The van der Waals surface area contributed by atoms with Gasteiger partial charge >= 0.3 is 6.09 Å². The maximum atomic E-state index is 12.8. The fourth-order valence-corrected chi connectivity index (χ4v) is 5.11. The summed E-state index contributed by atoms with van der Waals surface area (Å²) < 4.78 is 5.54. The Bertz CT molecular complexity index is 1590. The predicted molar refractivity (Wildman–Crippen MR) is 163 cm³/mol. The highest BCUT2D eigenvalue weighted by molar-refractivity contribution is 5.96. The van der Waals surface area contributed by atoms with Crippen molar-refractivity contribution in [2.75, 3.05) is 42.7 Å². The minimum Gasteiger partial charge on any atom is -0.444 e. The molecule has 1 amide bonds. The molecule has 0 saturated carbocycles. The molecule has 212 valence electrons. The van der Waals surface area contributed by atoms with Crippen LogP contribution in [0.4, 0.5) is 27.8 Å². The lowest BCUT2D eigenvalue weighted by molar-refractivity contribution is 0.0636. The second-order valence-corrected chi connectivity index (χ2v) is 11.5. The number of amides is 1. The number of carbonyl (C=O) groups excluding carboxylic acids is 1. The van der Waals surface area contributed by atoms with Gasteiger partial charge < -0.3 is 24.8 Å². The van der Waals surface area contributed by atoms with E-state index in [2.05, 4.69) is 50.6 Å². The highest BCUT2D eigenvalue weighted by Gasteiger charge is 2.23. The number of carbonyl (C=O) groups is 1. The third-order valence-electron chi connectivity index (χ3n) is 7.20.